The topological polar surface area (TPSA) is 111 Å². The van der Waals surface area contributed by atoms with E-state index >= 15 is 0 Å². The summed E-state index contributed by atoms with van der Waals surface area (Å²) in [4.78, 5) is 37.3. The van der Waals surface area contributed by atoms with Crippen LogP contribution in [0.2, 0.25) is 0 Å². The number of piperazine rings is 1. The average molecular weight is 367 g/mol. The summed E-state index contributed by atoms with van der Waals surface area (Å²) in [7, 11) is 1.32. The van der Waals surface area contributed by atoms with Crippen LogP contribution in [0, 0.1) is 10.1 Å². The van der Waals surface area contributed by atoms with E-state index in [2.05, 4.69) is 0 Å². The highest BCUT2D eigenvalue weighted by atomic mass is 16.6. The number of methoxy groups -OCH3 is 1. The van der Waals surface area contributed by atoms with Crippen LogP contribution in [0.4, 0.5) is 10.5 Å². The molecule has 0 aromatic heterocycles. The molecule has 0 saturated carbocycles. The van der Waals surface area contributed by atoms with Gasteiger partial charge in [-0.2, -0.15) is 0 Å². The van der Waals surface area contributed by atoms with Crippen LogP contribution in [-0.4, -0.2) is 73.2 Å². The molecule has 0 radical (unpaired) electrons. The van der Waals surface area contributed by atoms with Gasteiger partial charge in [-0.05, 0) is 13.0 Å². The monoisotopic (exact) mass is 367 g/mol. The Kier molecular flexibility index (Phi) is 6.59. The summed E-state index contributed by atoms with van der Waals surface area (Å²) in [6, 6.07) is 4.04. The van der Waals surface area contributed by atoms with Crippen molar-refractivity contribution in [1.29, 1.82) is 0 Å². The van der Waals surface area contributed by atoms with Crippen molar-refractivity contribution in [2.75, 3.05) is 46.5 Å². The third kappa shape index (κ3) is 4.74. The van der Waals surface area contributed by atoms with Gasteiger partial charge in [0.1, 0.15) is 5.75 Å². The van der Waals surface area contributed by atoms with Gasteiger partial charge in [-0.25, -0.2) is 4.79 Å². The molecule has 0 spiro atoms. The molecule has 10 heteroatoms. The highest BCUT2D eigenvalue weighted by Crippen LogP contribution is 2.30. The van der Waals surface area contributed by atoms with Gasteiger partial charge in [0.25, 0.3) is 5.91 Å². The van der Waals surface area contributed by atoms with Gasteiger partial charge in [-0.15, -0.1) is 0 Å². The van der Waals surface area contributed by atoms with Gasteiger partial charge in [0.2, 0.25) is 5.75 Å². The number of hydrogen-bond donors (Lipinski definition) is 0. The molecule has 1 saturated heterocycles. The second-order valence-corrected chi connectivity index (χ2v) is 5.45. The molecule has 1 heterocycles. The molecule has 0 bridgehead atoms. The number of hydrogen-bond acceptors (Lipinski definition) is 7. The lowest BCUT2D eigenvalue weighted by atomic mass is 10.3. The Hall–Kier alpha value is -3.04. The van der Waals surface area contributed by atoms with Crippen LogP contribution >= 0.6 is 0 Å². The Balaban J connectivity index is 1.86. The van der Waals surface area contributed by atoms with Crippen LogP contribution in [0.15, 0.2) is 18.2 Å². The third-order valence-corrected chi connectivity index (χ3v) is 3.87. The Morgan fingerprint density at radius 2 is 1.85 bits per heavy atom. The van der Waals surface area contributed by atoms with Crippen LogP contribution in [-0.2, 0) is 9.53 Å². The number of benzene rings is 1. The number of ether oxygens (including phenoxy) is 3. The number of amides is 2. The van der Waals surface area contributed by atoms with Crippen molar-refractivity contribution in [2.24, 2.45) is 0 Å². The molecule has 1 fully saturated rings. The molecular formula is C16H21N3O7. The molecule has 2 amide bonds. The zero-order chi connectivity index (χ0) is 19.1. The van der Waals surface area contributed by atoms with E-state index in [1.165, 1.54) is 25.3 Å². The summed E-state index contributed by atoms with van der Waals surface area (Å²) < 4.78 is 15.3. The largest absolute Gasteiger partial charge is 0.490 e. The quantitative estimate of drug-likeness (QED) is 0.550. The number of nitrogens with zero attached hydrogens (tertiary/aromatic N) is 3. The summed E-state index contributed by atoms with van der Waals surface area (Å²) in [6.45, 7) is 3.42. The number of carbonyl (C=O) groups excluding carboxylic acids is 2. The van der Waals surface area contributed by atoms with Crippen LogP contribution < -0.4 is 9.47 Å². The fourth-order valence-corrected chi connectivity index (χ4v) is 2.49. The smallest absolute Gasteiger partial charge is 0.409 e. The van der Waals surface area contributed by atoms with E-state index in [0.717, 1.165) is 0 Å². The molecule has 1 aromatic carbocycles. The summed E-state index contributed by atoms with van der Waals surface area (Å²) >= 11 is 0. The maximum atomic E-state index is 12.2. The summed E-state index contributed by atoms with van der Waals surface area (Å²) in [5, 5.41) is 10.9. The zero-order valence-corrected chi connectivity index (χ0v) is 14.7. The molecule has 2 rings (SSSR count). The van der Waals surface area contributed by atoms with Crippen LogP contribution in [0.1, 0.15) is 6.92 Å². The van der Waals surface area contributed by atoms with Crippen LogP contribution in [0.25, 0.3) is 0 Å². The second kappa shape index (κ2) is 8.88. The molecule has 142 valence electrons. The number of carbonyl (C=O) groups is 2. The molecule has 1 aromatic rings. The van der Waals surface area contributed by atoms with Crippen molar-refractivity contribution in [2.45, 2.75) is 6.92 Å². The number of nitro groups is 1. The van der Waals surface area contributed by atoms with Crippen molar-refractivity contribution in [3.05, 3.63) is 28.3 Å². The predicted octanol–water partition coefficient (Wildman–Crippen LogP) is 1.28. The lowest BCUT2D eigenvalue weighted by Crippen LogP contribution is -2.51. The van der Waals surface area contributed by atoms with E-state index < -0.39 is 4.92 Å². The minimum absolute atomic E-state index is 0.0583. The van der Waals surface area contributed by atoms with E-state index in [4.69, 9.17) is 14.2 Å². The van der Waals surface area contributed by atoms with Crippen molar-refractivity contribution in [3.8, 4) is 11.5 Å². The molecule has 0 aliphatic carbocycles. The summed E-state index contributed by atoms with van der Waals surface area (Å²) in [6.07, 6.45) is -0.381. The third-order valence-electron chi connectivity index (χ3n) is 3.87. The van der Waals surface area contributed by atoms with E-state index in [0.29, 0.717) is 38.5 Å². The summed E-state index contributed by atoms with van der Waals surface area (Å²) in [5.41, 5.74) is -0.179. The van der Waals surface area contributed by atoms with E-state index in [1.807, 2.05) is 0 Å². The molecule has 0 unspecified atom stereocenters. The highest BCUT2D eigenvalue weighted by Gasteiger charge is 2.25. The SMILES string of the molecule is CCOC(=O)N1CCN(C(=O)COc2ccc([N+](=O)[O-])c(OC)c2)CC1. The van der Waals surface area contributed by atoms with Gasteiger partial charge in [0, 0.05) is 38.3 Å². The van der Waals surface area contributed by atoms with Gasteiger partial charge in [-0.1, -0.05) is 0 Å². The molecule has 26 heavy (non-hydrogen) atoms. The molecule has 0 atom stereocenters. The van der Waals surface area contributed by atoms with Crippen molar-refractivity contribution >= 4 is 17.7 Å². The van der Waals surface area contributed by atoms with E-state index in [1.54, 1.807) is 16.7 Å². The Labute approximate surface area is 150 Å². The lowest BCUT2D eigenvalue weighted by Gasteiger charge is -2.33. The fraction of sp³-hybridized carbons (Fsp3) is 0.500. The standard InChI is InChI=1S/C16H21N3O7/c1-3-25-16(21)18-8-6-17(7-9-18)15(20)11-26-12-4-5-13(19(22)23)14(10-12)24-2/h4-5,10H,3,6-9,11H2,1-2H3. The second-order valence-electron chi connectivity index (χ2n) is 5.45. The Bertz CT molecular complexity index is 672. The average Bonchev–Trinajstić information content (AvgIpc) is 2.66. The predicted molar refractivity (Wildman–Crippen MR) is 90.3 cm³/mol. The maximum absolute atomic E-state index is 12.2. The highest BCUT2D eigenvalue weighted by molar-refractivity contribution is 5.78. The van der Waals surface area contributed by atoms with Gasteiger partial charge >= 0.3 is 11.8 Å². The summed E-state index contributed by atoms with van der Waals surface area (Å²) in [5.74, 6) is 0.125. The van der Waals surface area contributed by atoms with Crippen LogP contribution in [0.3, 0.4) is 0 Å². The molecule has 1 aliphatic heterocycles. The molecule has 0 N–H and O–H groups in total. The molecule has 10 nitrogen and oxygen atoms in total. The first-order valence-corrected chi connectivity index (χ1v) is 8.11. The first kappa shape index (κ1) is 19.3. The number of nitro benzene ring substituents is 1. The van der Waals surface area contributed by atoms with Crippen LogP contribution in [0.5, 0.6) is 11.5 Å². The number of rotatable bonds is 6. The van der Waals surface area contributed by atoms with Crippen molar-refractivity contribution in [3.63, 3.8) is 0 Å². The van der Waals surface area contributed by atoms with Gasteiger partial charge in [0.15, 0.2) is 6.61 Å². The normalized spacial score (nSPS) is 13.9. The Morgan fingerprint density at radius 1 is 1.19 bits per heavy atom. The van der Waals surface area contributed by atoms with Crippen molar-refractivity contribution < 1.29 is 28.7 Å². The van der Waals surface area contributed by atoms with Gasteiger partial charge in [0.05, 0.1) is 18.6 Å². The maximum Gasteiger partial charge on any atom is 0.409 e. The first-order valence-electron chi connectivity index (χ1n) is 8.11. The van der Waals surface area contributed by atoms with E-state index in [-0.39, 0.29) is 30.0 Å². The van der Waals surface area contributed by atoms with E-state index in [9.17, 15) is 19.7 Å². The van der Waals surface area contributed by atoms with Crippen molar-refractivity contribution in [1.82, 2.24) is 9.80 Å². The van der Waals surface area contributed by atoms with Gasteiger partial charge < -0.3 is 24.0 Å². The minimum Gasteiger partial charge on any atom is -0.490 e. The Morgan fingerprint density at radius 3 is 2.42 bits per heavy atom. The van der Waals surface area contributed by atoms with Gasteiger partial charge in [-0.3, -0.25) is 14.9 Å². The lowest BCUT2D eigenvalue weighted by molar-refractivity contribution is -0.385. The minimum atomic E-state index is -0.559. The molecule has 1 aliphatic rings. The molecular weight excluding hydrogens is 346 g/mol. The zero-order valence-electron chi connectivity index (χ0n) is 14.7. The fourth-order valence-electron chi connectivity index (χ4n) is 2.49. The first-order chi connectivity index (χ1) is 12.5.